The van der Waals surface area contributed by atoms with E-state index in [0.717, 1.165) is 26.1 Å². The van der Waals surface area contributed by atoms with Crippen LogP contribution in [0.4, 0.5) is 0 Å². The van der Waals surface area contributed by atoms with Crippen molar-refractivity contribution in [3.63, 3.8) is 0 Å². The first-order chi connectivity index (χ1) is 10.1. The smallest absolute Gasteiger partial charge is 0.161 e. The van der Waals surface area contributed by atoms with Crippen molar-refractivity contribution in [1.29, 1.82) is 0 Å². The summed E-state index contributed by atoms with van der Waals surface area (Å²) in [6.45, 7) is 11.8. The maximum atomic E-state index is 5.54. The summed E-state index contributed by atoms with van der Waals surface area (Å²) in [6.07, 6.45) is 6.86. The minimum atomic E-state index is 0. The Balaban J connectivity index is -0.000000326. The van der Waals surface area contributed by atoms with Gasteiger partial charge in [0.1, 0.15) is 0 Å². The van der Waals surface area contributed by atoms with Gasteiger partial charge in [-0.1, -0.05) is 40.5 Å². The van der Waals surface area contributed by atoms with Gasteiger partial charge in [0.2, 0.25) is 0 Å². The molecule has 0 aliphatic rings. The first kappa shape index (κ1) is 26.1. The molecule has 0 aliphatic heterocycles. The van der Waals surface area contributed by atoms with Crippen LogP contribution >= 0.6 is 12.4 Å². The monoisotopic (exact) mass is 336 g/mol. The molecule has 0 aromatic rings. The van der Waals surface area contributed by atoms with Crippen LogP contribution in [0.1, 0.15) is 66.2 Å². The summed E-state index contributed by atoms with van der Waals surface area (Å²) in [5, 5.41) is 0. The lowest BCUT2D eigenvalue weighted by molar-refractivity contribution is 0.128. The zero-order valence-electron chi connectivity index (χ0n) is 14.9. The third kappa shape index (κ3) is 21.5. The molecule has 134 valence electrons. The molecule has 0 saturated carbocycles. The van der Waals surface area contributed by atoms with Crippen LogP contribution in [0.15, 0.2) is 9.98 Å². The summed E-state index contributed by atoms with van der Waals surface area (Å²) in [6, 6.07) is 0. The Bertz CT molecular complexity index is 245. The summed E-state index contributed by atoms with van der Waals surface area (Å²) in [4.78, 5) is 8.07. The van der Waals surface area contributed by atoms with Crippen LogP contribution in [0.3, 0.4) is 0 Å². The Hall–Kier alpha value is -0.810. The summed E-state index contributed by atoms with van der Waals surface area (Å²) < 4.78 is 5.31. The average Bonchev–Trinajstić information content (AvgIpc) is 2.50. The van der Waals surface area contributed by atoms with Gasteiger partial charge in [-0.3, -0.25) is 9.98 Å². The van der Waals surface area contributed by atoms with Gasteiger partial charge >= 0.3 is 0 Å². The predicted molar refractivity (Wildman–Crippen MR) is 101 cm³/mol. The predicted octanol–water partition coefficient (Wildman–Crippen LogP) is 3.55. The highest BCUT2D eigenvalue weighted by molar-refractivity contribution is 6.39. The summed E-state index contributed by atoms with van der Waals surface area (Å²) in [5.74, 6) is 0.732. The van der Waals surface area contributed by atoms with E-state index < -0.39 is 0 Å². The normalized spacial score (nSPS) is 11.5. The Labute approximate surface area is 143 Å². The first-order valence-corrected chi connectivity index (χ1v) is 8.31. The Kier molecular flexibility index (Phi) is 26.7. The molecule has 0 bridgehead atoms. The van der Waals surface area contributed by atoms with Crippen LogP contribution in [0.2, 0.25) is 0 Å². The fraction of sp³-hybridized carbons (Fsp3) is 0.875. The van der Waals surface area contributed by atoms with Gasteiger partial charge in [0, 0.05) is 26.3 Å². The van der Waals surface area contributed by atoms with E-state index in [9.17, 15) is 0 Å². The zero-order valence-corrected chi connectivity index (χ0v) is 15.8. The average molecular weight is 337 g/mol. The van der Waals surface area contributed by atoms with Gasteiger partial charge in [0.05, 0.1) is 0 Å². The molecule has 0 aromatic carbocycles. The second-order valence-electron chi connectivity index (χ2n) is 4.85. The summed E-state index contributed by atoms with van der Waals surface area (Å²) in [5.41, 5.74) is 11.1. The SMILES string of the molecule is CCCCOCCCC.CCCN=C(N)C(N)=NCCC.Cl. The van der Waals surface area contributed by atoms with Gasteiger partial charge in [-0.15, -0.1) is 12.4 Å². The number of ether oxygens (including phenoxy) is 1. The lowest BCUT2D eigenvalue weighted by Crippen LogP contribution is -2.31. The van der Waals surface area contributed by atoms with Crippen LogP contribution < -0.4 is 11.5 Å². The second-order valence-corrected chi connectivity index (χ2v) is 4.85. The highest BCUT2D eigenvalue weighted by Gasteiger charge is 1.95. The van der Waals surface area contributed by atoms with Crippen molar-refractivity contribution in [3.05, 3.63) is 0 Å². The van der Waals surface area contributed by atoms with Crippen molar-refractivity contribution < 1.29 is 4.74 Å². The van der Waals surface area contributed by atoms with E-state index in [2.05, 4.69) is 23.8 Å². The Morgan fingerprint density at radius 1 is 0.727 bits per heavy atom. The molecular weight excluding hydrogens is 300 g/mol. The maximum Gasteiger partial charge on any atom is 0.161 e. The number of nitrogens with zero attached hydrogens (tertiary/aromatic N) is 2. The van der Waals surface area contributed by atoms with E-state index in [0.29, 0.717) is 24.8 Å². The van der Waals surface area contributed by atoms with Crippen LogP contribution in [-0.2, 0) is 4.74 Å². The molecule has 4 N–H and O–H groups in total. The fourth-order valence-corrected chi connectivity index (χ4v) is 1.22. The third-order valence-corrected chi connectivity index (χ3v) is 2.56. The van der Waals surface area contributed by atoms with Gasteiger partial charge in [-0.2, -0.15) is 0 Å². The lowest BCUT2D eigenvalue weighted by Gasteiger charge is -1.99. The number of hydrogen-bond acceptors (Lipinski definition) is 3. The highest BCUT2D eigenvalue weighted by atomic mass is 35.5. The summed E-state index contributed by atoms with van der Waals surface area (Å²) in [7, 11) is 0. The lowest BCUT2D eigenvalue weighted by atomic mass is 10.3. The molecule has 0 radical (unpaired) electrons. The van der Waals surface area contributed by atoms with Gasteiger partial charge in [0.25, 0.3) is 0 Å². The molecule has 0 heterocycles. The number of nitrogens with two attached hydrogens (primary N) is 2. The molecular formula is C16H37ClN4O. The first-order valence-electron chi connectivity index (χ1n) is 8.31. The molecule has 0 aromatic heterocycles. The zero-order chi connectivity index (χ0) is 16.3. The fourth-order valence-electron chi connectivity index (χ4n) is 1.22. The number of unbranched alkanes of at least 4 members (excludes halogenated alkanes) is 2. The molecule has 0 saturated heterocycles. The topological polar surface area (TPSA) is 86.0 Å². The number of rotatable bonds is 10. The minimum absolute atomic E-state index is 0. The highest BCUT2D eigenvalue weighted by Crippen LogP contribution is 1.91. The second kappa shape index (κ2) is 22.5. The standard InChI is InChI=1S/C8H18N4.C8H18O.ClH/c1-3-5-11-7(9)8(10)12-6-4-2;1-3-5-7-9-8-6-4-2;/h3-6H2,1-2H3,(H2,9,11)(H2,10,12);3-8H2,1-2H3;1H. The van der Waals surface area contributed by atoms with Gasteiger partial charge < -0.3 is 16.2 Å². The molecule has 0 spiro atoms. The Morgan fingerprint density at radius 3 is 1.36 bits per heavy atom. The molecule has 0 fully saturated rings. The van der Waals surface area contributed by atoms with Crippen LogP contribution in [0.25, 0.3) is 0 Å². The van der Waals surface area contributed by atoms with Crippen molar-refractivity contribution >= 4 is 24.1 Å². The molecule has 5 nitrogen and oxygen atoms in total. The third-order valence-electron chi connectivity index (χ3n) is 2.56. The molecule has 22 heavy (non-hydrogen) atoms. The van der Waals surface area contributed by atoms with E-state index in [1.807, 2.05) is 13.8 Å². The minimum Gasteiger partial charge on any atom is -0.381 e. The van der Waals surface area contributed by atoms with E-state index in [-0.39, 0.29) is 12.4 Å². The van der Waals surface area contributed by atoms with Crippen molar-refractivity contribution in [2.45, 2.75) is 66.2 Å². The molecule has 0 rings (SSSR count). The van der Waals surface area contributed by atoms with E-state index >= 15 is 0 Å². The van der Waals surface area contributed by atoms with Gasteiger partial charge in [-0.05, 0) is 25.7 Å². The number of hydrogen-bond donors (Lipinski definition) is 2. The van der Waals surface area contributed by atoms with Gasteiger partial charge in [-0.25, -0.2) is 0 Å². The van der Waals surface area contributed by atoms with Crippen LogP contribution in [0, 0.1) is 0 Å². The van der Waals surface area contributed by atoms with Crippen molar-refractivity contribution in [3.8, 4) is 0 Å². The van der Waals surface area contributed by atoms with Crippen molar-refractivity contribution in [1.82, 2.24) is 0 Å². The molecule has 0 atom stereocenters. The van der Waals surface area contributed by atoms with Crippen LogP contribution in [0.5, 0.6) is 0 Å². The van der Waals surface area contributed by atoms with Gasteiger partial charge in [0.15, 0.2) is 11.7 Å². The molecule has 6 heteroatoms. The quantitative estimate of drug-likeness (QED) is 0.363. The van der Waals surface area contributed by atoms with E-state index in [1.54, 1.807) is 0 Å². The molecule has 0 amide bonds. The molecule has 0 aliphatic carbocycles. The molecule has 0 unspecified atom stereocenters. The number of amidine groups is 2. The summed E-state index contributed by atoms with van der Waals surface area (Å²) >= 11 is 0. The number of halogens is 1. The Morgan fingerprint density at radius 2 is 1.09 bits per heavy atom. The largest absolute Gasteiger partial charge is 0.381 e. The maximum absolute atomic E-state index is 5.54. The van der Waals surface area contributed by atoms with Crippen LogP contribution in [-0.4, -0.2) is 38.0 Å². The van der Waals surface area contributed by atoms with Crippen molar-refractivity contribution in [2.24, 2.45) is 21.5 Å². The van der Waals surface area contributed by atoms with E-state index in [4.69, 9.17) is 16.2 Å². The van der Waals surface area contributed by atoms with Crippen molar-refractivity contribution in [2.75, 3.05) is 26.3 Å². The number of aliphatic imine (C=N–C) groups is 2. The van der Waals surface area contributed by atoms with E-state index in [1.165, 1.54) is 25.7 Å².